The van der Waals surface area contributed by atoms with Crippen LogP contribution in [0, 0.1) is 12.7 Å². The molecule has 0 heterocycles. The van der Waals surface area contributed by atoms with E-state index in [2.05, 4.69) is 24.0 Å². The normalized spacial score (nSPS) is 17.9. The van der Waals surface area contributed by atoms with Crippen molar-refractivity contribution in [3.63, 3.8) is 0 Å². The summed E-state index contributed by atoms with van der Waals surface area (Å²) >= 11 is 2.11. The highest BCUT2D eigenvalue weighted by atomic mass is 32.2. The Kier molecular flexibility index (Phi) is 7.05. The molecule has 1 nitrogen and oxygen atoms in total. The van der Waals surface area contributed by atoms with Crippen LogP contribution in [-0.4, -0.2) is 17.5 Å². The van der Waals surface area contributed by atoms with E-state index < -0.39 is 0 Å². The Labute approximate surface area is 133 Å². The molecule has 2 rings (SSSR count). The Morgan fingerprint density at radius 1 is 1.29 bits per heavy atom. The summed E-state index contributed by atoms with van der Waals surface area (Å²) in [7, 11) is 0. The van der Waals surface area contributed by atoms with Crippen molar-refractivity contribution in [2.45, 2.75) is 63.7 Å². The molecule has 0 spiro atoms. The summed E-state index contributed by atoms with van der Waals surface area (Å²) in [6.07, 6.45) is 8.05. The lowest BCUT2D eigenvalue weighted by atomic mass is 10.0. The third-order valence-corrected chi connectivity index (χ3v) is 5.77. The molecule has 0 amide bonds. The summed E-state index contributed by atoms with van der Waals surface area (Å²) in [4.78, 5) is 0. The molecule has 1 aliphatic rings. The van der Waals surface area contributed by atoms with Crippen LogP contribution in [0.1, 0.15) is 62.6 Å². The van der Waals surface area contributed by atoms with Crippen LogP contribution < -0.4 is 5.32 Å². The van der Waals surface area contributed by atoms with Gasteiger partial charge in [0.1, 0.15) is 5.82 Å². The van der Waals surface area contributed by atoms with Crippen LogP contribution in [0.4, 0.5) is 4.39 Å². The van der Waals surface area contributed by atoms with Gasteiger partial charge in [-0.3, -0.25) is 0 Å². The van der Waals surface area contributed by atoms with E-state index in [0.29, 0.717) is 6.04 Å². The van der Waals surface area contributed by atoms with E-state index in [9.17, 15) is 4.39 Å². The molecule has 0 aromatic heterocycles. The minimum atomic E-state index is -0.134. The van der Waals surface area contributed by atoms with Crippen LogP contribution in [0.3, 0.4) is 0 Å². The molecule has 118 valence electrons. The fraction of sp³-hybridized carbons (Fsp3) is 0.667. The zero-order valence-electron chi connectivity index (χ0n) is 13.3. The molecule has 1 aromatic carbocycles. The molecule has 0 aliphatic heterocycles. The van der Waals surface area contributed by atoms with Gasteiger partial charge in [0.15, 0.2) is 0 Å². The quantitative estimate of drug-likeness (QED) is 0.739. The third kappa shape index (κ3) is 5.30. The van der Waals surface area contributed by atoms with Crippen molar-refractivity contribution in [2.24, 2.45) is 0 Å². The van der Waals surface area contributed by atoms with Crippen molar-refractivity contribution >= 4 is 11.8 Å². The molecule has 0 bridgehead atoms. The van der Waals surface area contributed by atoms with Crippen LogP contribution in [0.15, 0.2) is 18.2 Å². The number of hydrogen-bond donors (Lipinski definition) is 1. The van der Waals surface area contributed by atoms with Crippen molar-refractivity contribution in [2.75, 3.05) is 12.3 Å². The Bertz CT molecular complexity index is 429. The maximum absolute atomic E-state index is 13.3. The van der Waals surface area contributed by atoms with Crippen molar-refractivity contribution < 1.29 is 4.39 Å². The van der Waals surface area contributed by atoms with Gasteiger partial charge < -0.3 is 5.32 Å². The first-order valence-electron chi connectivity index (χ1n) is 8.31. The summed E-state index contributed by atoms with van der Waals surface area (Å²) in [6, 6.07) is 5.55. The average molecular weight is 309 g/mol. The molecule has 0 saturated heterocycles. The number of hydrogen-bond acceptors (Lipinski definition) is 2. The van der Waals surface area contributed by atoms with Crippen molar-refractivity contribution in [1.82, 2.24) is 5.32 Å². The topological polar surface area (TPSA) is 12.0 Å². The SMILES string of the molecule is CCCNC(CSC1CCCCC1)c1ccc(F)cc1C. The summed E-state index contributed by atoms with van der Waals surface area (Å²) < 4.78 is 13.3. The molecule has 1 saturated carbocycles. The largest absolute Gasteiger partial charge is 0.309 e. The Morgan fingerprint density at radius 2 is 2.05 bits per heavy atom. The molecule has 1 atom stereocenters. The molecule has 1 N–H and O–H groups in total. The Morgan fingerprint density at radius 3 is 2.71 bits per heavy atom. The first-order chi connectivity index (χ1) is 10.2. The van der Waals surface area contributed by atoms with Crippen molar-refractivity contribution in [1.29, 1.82) is 0 Å². The predicted octanol–water partition coefficient (Wildman–Crippen LogP) is 5.24. The van der Waals surface area contributed by atoms with E-state index in [1.807, 2.05) is 13.0 Å². The number of rotatable bonds is 7. The molecular weight excluding hydrogens is 281 g/mol. The van der Waals surface area contributed by atoms with Gasteiger partial charge in [-0.05, 0) is 56.0 Å². The van der Waals surface area contributed by atoms with Gasteiger partial charge in [-0.2, -0.15) is 11.8 Å². The maximum Gasteiger partial charge on any atom is 0.123 e. The Hall–Kier alpha value is -0.540. The lowest BCUT2D eigenvalue weighted by Crippen LogP contribution is -2.26. The molecule has 21 heavy (non-hydrogen) atoms. The van der Waals surface area contributed by atoms with Gasteiger partial charge in [-0.15, -0.1) is 0 Å². The van der Waals surface area contributed by atoms with E-state index in [1.165, 1.54) is 37.7 Å². The first-order valence-corrected chi connectivity index (χ1v) is 9.36. The minimum absolute atomic E-state index is 0.134. The van der Waals surface area contributed by atoms with Gasteiger partial charge in [0.25, 0.3) is 0 Å². The molecule has 1 aliphatic carbocycles. The monoisotopic (exact) mass is 309 g/mol. The molecule has 1 fully saturated rings. The Balaban J connectivity index is 1.99. The highest BCUT2D eigenvalue weighted by Gasteiger charge is 2.18. The van der Waals surface area contributed by atoms with Gasteiger partial charge >= 0.3 is 0 Å². The number of nitrogens with one attached hydrogen (secondary N) is 1. The molecule has 1 unspecified atom stereocenters. The molecule has 0 radical (unpaired) electrons. The second kappa shape index (κ2) is 8.79. The number of thioether (sulfide) groups is 1. The van der Waals surface area contributed by atoms with Crippen LogP contribution in [-0.2, 0) is 0 Å². The third-order valence-electron chi connectivity index (χ3n) is 4.30. The van der Waals surface area contributed by atoms with E-state index >= 15 is 0 Å². The van der Waals surface area contributed by atoms with Crippen molar-refractivity contribution in [3.8, 4) is 0 Å². The van der Waals surface area contributed by atoms with Crippen LogP contribution in [0.5, 0.6) is 0 Å². The van der Waals surface area contributed by atoms with Gasteiger partial charge in [-0.25, -0.2) is 4.39 Å². The molecule has 3 heteroatoms. The minimum Gasteiger partial charge on any atom is -0.309 e. The number of aryl methyl sites for hydroxylation is 1. The highest BCUT2D eigenvalue weighted by molar-refractivity contribution is 7.99. The van der Waals surface area contributed by atoms with E-state index in [-0.39, 0.29) is 5.82 Å². The zero-order valence-corrected chi connectivity index (χ0v) is 14.1. The van der Waals surface area contributed by atoms with Crippen LogP contribution in [0.2, 0.25) is 0 Å². The second-order valence-electron chi connectivity index (χ2n) is 6.10. The number of benzene rings is 1. The second-order valence-corrected chi connectivity index (χ2v) is 7.43. The summed E-state index contributed by atoms with van der Waals surface area (Å²) in [5.41, 5.74) is 2.32. The predicted molar refractivity (Wildman–Crippen MR) is 91.5 cm³/mol. The van der Waals surface area contributed by atoms with E-state index in [0.717, 1.165) is 29.5 Å². The highest BCUT2D eigenvalue weighted by Crippen LogP contribution is 2.31. The summed E-state index contributed by atoms with van der Waals surface area (Å²) in [6.45, 7) is 5.23. The fourth-order valence-corrected chi connectivity index (χ4v) is 4.50. The van der Waals surface area contributed by atoms with Gasteiger partial charge in [0, 0.05) is 17.0 Å². The molecular formula is C18H28FNS. The van der Waals surface area contributed by atoms with Crippen molar-refractivity contribution in [3.05, 3.63) is 35.1 Å². The fourth-order valence-electron chi connectivity index (χ4n) is 3.07. The summed E-state index contributed by atoms with van der Waals surface area (Å²) in [5.74, 6) is 0.961. The van der Waals surface area contributed by atoms with E-state index in [1.54, 1.807) is 12.1 Å². The maximum atomic E-state index is 13.3. The summed E-state index contributed by atoms with van der Waals surface area (Å²) in [5, 5.41) is 4.47. The smallest absolute Gasteiger partial charge is 0.123 e. The van der Waals surface area contributed by atoms with E-state index in [4.69, 9.17) is 0 Å². The molecule has 1 aromatic rings. The first kappa shape index (κ1) is 16.8. The van der Waals surface area contributed by atoms with Gasteiger partial charge in [0.2, 0.25) is 0 Å². The van der Waals surface area contributed by atoms with Gasteiger partial charge in [-0.1, -0.05) is 32.3 Å². The lowest BCUT2D eigenvalue weighted by Gasteiger charge is -2.25. The average Bonchev–Trinajstić information content (AvgIpc) is 2.49. The number of halogens is 1. The van der Waals surface area contributed by atoms with Crippen LogP contribution in [0.25, 0.3) is 0 Å². The van der Waals surface area contributed by atoms with Gasteiger partial charge in [0.05, 0.1) is 0 Å². The zero-order chi connectivity index (χ0) is 15.1. The standard InChI is InChI=1S/C18H28FNS/c1-3-11-20-18(13-21-16-7-5-4-6-8-16)17-10-9-15(19)12-14(17)2/h9-10,12,16,18,20H,3-8,11,13H2,1-2H3. The van der Waals surface area contributed by atoms with Crippen LogP contribution >= 0.6 is 11.8 Å². The lowest BCUT2D eigenvalue weighted by molar-refractivity contribution is 0.513.